The van der Waals surface area contributed by atoms with Crippen LogP contribution in [0.15, 0.2) is 29.4 Å². The van der Waals surface area contributed by atoms with E-state index in [-0.39, 0.29) is 17.3 Å². The molecule has 1 amide bonds. The molecule has 1 aliphatic heterocycles. The quantitative estimate of drug-likeness (QED) is 0.926. The number of carbonyl (C=O) groups is 1. The monoisotopic (exact) mass is 330 g/mol. The van der Waals surface area contributed by atoms with Crippen molar-refractivity contribution in [3.8, 4) is 0 Å². The van der Waals surface area contributed by atoms with Crippen LogP contribution in [0.25, 0.3) is 0 Å². The van der Waals surface area contributed by atoms with Gasteiger partial charge in [-0.2, -0.15) is 23.3 Å². The highest BCUT2D eigenvalue weighted by molar-refractivity contribution is 6.03. The minimum Gasteiger partial charge on any atom is -0.448 e. The molecule has 0 spiro atoms. The number of aliphatic hydroxyl groups is 1. The lowest BCUT2D eigenvalue weighted by Crippen LogP contribution is -2.56. The minimum atomic E-state index is -5.06. The van der Waals surface area contributed by atoms with Gasteiger partial charge >= 0.3 is 12.3 Å². The van der Waals surface area contributed by atoms with Crippen molar-refractivity contribution in [1.29, 1.82) is 0 Å². The molecule has 126 valence electrons. The average molecular weight is 330 g/mol. The number of amides is 1. The number of nitrogens with zero attached hydrogens (tertiary/aromatic N) is 2. The average Bonchev–Trinajstić information content (AvgIpc) is 2.87. The highest BCUT2D eigenvalue weighted by Gasteiger charge is 2.64. The molecular formula is C15H17F3N2O3. The second kappa shape index (κ2) is 6.19. The number of hydrazone groups is 1. The second-order valence-corrected chi connectivity index (χ2v) is 5.10. The first kappa shape index (κ1) is 17.3. The molecule has 1 aromatic rings. The molecule has 2 rings (SSSR count). The molecule has 1 aliphatic rings. The standard InChI is InChI=1S/C15H17F3N2O3/c1-3-10-5-7-11(8-6-10)12-9-14(22,15(16,17)18)20(19-12)13(21)23-4-2/h5-8,22H,3-4,9H2,1-2H3. The fourth-order valence-corrected chi connectivity index (χ4v) is 2.24. The first-order chi connectivity index (χ1) is 10.7. The maximum Gasteiger partial charge on any atom is 0.439 e. The number of halogens is 3. The summed E-state index contributed by atoms with van der Waals surface area (Å²) in [5, 5.41) is 13.6. The summed E-state index contributed by atoms with van der Waals surface area (Å²) in [6, 6.07) is 6.75. The third-order valence-electron chi connectivity index (χ3n) is 3.58. The normalized spacial score (nSPS) is 21.3. The van der Waals surface area contributed by atoms with Crippen molar-refractivity contribution in [2.75, 3.05) is 6.61 Å². The molecule has 0 fully saturated rings. The van der Waals surface area contributed by atoms with Crippen LogP contribution in [0.5, 0.6) is 0 Å². The van der Waals surface area contributed by atoms with Crippen LogP contribution < -0.4 is 0 Å². The lowest BCUT2D eigenvalue weighted by molar-refractivity contribution is -0.299. The van der Waals surface area contributed by atoms with Crippen molar-refractivity contribution in [3.63, 3.8) is 0 Å². The lowest BCUT2D eigenvalue weighted by Gasteiger charge is -2.31. The number of benzene rings is 1. The Hall–Kier alpha value is -2.09. The van der Waals surface area contributed by atoms with Gasteiger partial charge in [-0.15, -0.1) is 0 Å². The van der Waals surface area contributed by atoms with Crippen LogP contribution in [0.2, 0.25) is 0 Å². The van der Waals surface area contributed by atoms with Crippen molar-refractivity contribution in [1.82, 2.24) is 5.01 Å². The van der Waals surface area contributed by atoms with E-state index in [1.54, 1.807) is 24.3 Å². The molecule has 1 unspecified atom stereocenters. The smallest absolute Gasteiger partial charge is 0.439 e. The van der Waals surface area contributed by atoms with Gasteiger partial charge in [0.25, 0.3) is 5.72 Å². The van der Waals surface area contributed by atoms with E-state index < -0.39 is 24.4 Å². The fraction of sp³-hybridized carbons (Fsp3) is 0.467. The summed E-state index contributed by atoms with van der Waals surface area (Å²) in [7, 11) is 0. The molecule has 1 aromatic carbocycles. The van der Waals surface area contributed by atoms with E-state index >= 15 is 0 Å². The lowest BCUT2D eigenvalue weighted by atomic mass is 9.99. The molecule has 1 heterocycles. The van der Waals surface area contributed by atoms with Gasteiger partial charge in [-0.25, -0.2) is 4.79 Å². The number of rotatable bonds is 3. The van der Waals surface area contributed by atoms with Crippen LogP contribution in [0.1, 0.15) is 31.4 Å². The van der Waals surface area contributed by atoms with Gasteiger partial charge in [0, 0.05) is 0 Å². The van der Waals surface area contributed by atoms with E-state index in [1.807, 2.05) is 6.92 Å². The number of aryl methyl sites for hydroxylation is 1. The van der Waals surface area contributed by atoms with E-state index in [1.165, 1.54) is 6.92 Å². The molecule has 5 nitrogen and oxygen atoms in total. The maximum atomic E-state index is 13.2. The predicted octanol–water partition coefficient (Wildman–Crippen LogP) is 3.07. The van der Waals surface area contributed by atoms with Crippen molar-refractivity contribution in [2.45, 2.75) is 38.6 Å². The largest absolute Gasteiger partial charge is 0.448 e. The first-order valence-electron chi connectivity index (χ1n) is 7.15. The van der Waals surface area contributed by atoms with Crippen LogP contribution in [-0.2, 0) is 11.2 Å². The summed E-state index contributed by atoms with van der Waals surface area (Å²) in [5.41, 5.74) is -2.00. The molecule has 0 aromatic heterocycles. The molecule has 1 N–H and O–H groups in total. The summed E-state index contributed by atoms with van der Waals surface area (Å²) >= 11 is 0. The number of hydrogen-bond acceptors (Lipinski definition) is 4. The van der Waals surface area contributed by atoms with Crippen LogP contribution in [0.3, 0.4) is 0 Å². The van der Waals surface area contributed by atoms with E-state index in [0.717, 1.165) is 12.0 Å². The van der Waals surface area contributed by atoms with Crippen LogP contribution in [0, 0.1) is 0 Å². The molecule has 23 heavy (non-hydrogen) atoms. The third-order valence-corrected chi connectivity index (χ3v) is 3.58. The molecule has 0 saturated heterocycles. The van der Waals surface area contributed by atoms with Crippen molar-refractivity contribution < 1.29 is 27.8 Å². The number of hydrogen-bond donors (Lipinski definition) is 1. The fourth-order valence-electron chi connectivity index (χ4n) is 2.24. The highest BCUT2D eigenvalue weighted by atomic mass is 19.4. The highest BCUT2D eigenvalue weighted by Crippen LogP contribution is 2.41. The summed E-state index contributed by atoms with van der Waals surface area (Å²) in [4.78, 5) is 11.7. The molecule has 0 bridgehead atoms. The van der Waals surface area contributed by atoms with Crippen molar-refractivity contribution in [3.05, 3.63) is 35.4 Å². The summed E-state index contributed by atoms with van der Waals surface area (Å²) in [5.74, 6) is 0. The Morgan fingerprint density at radius 2 is 1.96 bits per heavy atom. The maximum absolute atomic E-state index is 13.2. The van der Waals surface area contributed by atoms with Gasteiger partial charge in [-0.05, 0) is 24.5 Å². The summed E-state index contributed by atoms with van der Waals surface area (Å²) < 4.78 is 44.2. The van der Waals surface area contributed by atoms with Gasteiger partial charge in [0.2, 0.25) is 0 Å². The zero-order valence-electron chi connectivity index (χ0n) is 12.7. The number of alkyl halides is 3. The Balaban J connectivity index is 2.38. The summed E-state index contributed by atoms with van der Waals surface area (Å²) in [6.45, 7) is 3.28. The van der Waals surface area contributed by atoms with E-state index in [2.05, 4.69) is 9.84 Å². The second-order valence-electron chi connectivity index (χ2n) is 5.10. The van der Waals surface area contributed by atoms with Crippen LogP contribution in [0.4, 0.5) is 18.0 Å². The Bertz CT molecular complexity index is 613. The molecule has 0 aliphatic carbocycles. The molecule has 0 saturated carbocycles. The molecule has 8 heteroatoms. The van der Waals surface area contributed by atoms with E-state index in [4.69, 9.17) is 0 Å². The van der Waals surface area contributed by atoms with Crippen molar-refractivity contribution >= 4 is 11.8 Å². The van der Waals surface area contributed by atoms with Gasteiger partial charge in [-0.1, -0.05) is 31.2 Å². The van der Waals surface area contributed by atoms with Gasteiger partial charge in [0.15, 0.2) is 0 Å². The van der Waals surface area contributed by atoms with Crippen LogP contribution >= 0.6 is 0 Å². The molecular weight excluding hydrogens is 313 g/mol. The first-order valence-corrected chi connectivity index (χ1v) is 7.15. The Labute approximate surface area is 131 Å². The molecule has 0 radical (unpaired) electrons. The zero-order valence-corrected chi connectivity index (χ0v) is 12.7. The van der Waals surface area contributed by atoms with Gasteiger partial charge in [0.05, 0.1) is 18.7 Å². The SMILES string of the molecule is CCOC(=O)N1N=C(c2ccc(CC)cc2)CC1(O)C(F)(F)F. The summed E-state index contributed by atoms with van der Waals surface area (Å²) in [6.07, 6.45) is -6.46. The van der Waals surface area contributed by atoms with Crippen molar-refractivity contribution in [2.24, 2.45) is 5.10 Å². The van der Waals surface area contributed by atoms with E-state index in [9.17, 15) is 23.1 Å². The van der Waals surface area contributed by atoms with Crippen LogP contribution in [-0.4, -0.2) is 40.4 Å². The molecule has 1 atom stereocenters. The number of ether oxygens (including phenoxy) is 1. The van der Waals surface area contributed by atoms with Gasteiger partial charge in [-0.3, -0.25) is 0 Å². The number of carbonyl (C=O) groups excluding carboxylic acids is 1. The minimum absolute atomic E-state index is 0.0273. The Morgan fingerprint density at radius 1 is 1.35 bits per heavy atom. The zero-order chi connectivity index (χ0) is 17.3. The Morgan fingerprint density at radius 3 is 2.43 bits per heavy atom. The van der Waals surface area contributed by atoms with E-state index in [0.29, 0.717) is 5.56 Å². The van der Waals surface area contributed by atoms with Gasteiger partial charge in [0.1, 0.15) is 0 Å². The predicted molar refractivity (Wildman–Crippen MR) is 76.8 cm³/mol. The third kappa shape index (κ3) is 3.17. The van der Waals surface area contributed by atoms with Gasteiger partial charge < -0.3 is 9.84 Å². The topological polar surface area (TPSA) is 62.1 Å². The Kier molecular flexibility index (Phi) is 4.65.